The van der Waals surface area contributed by atoms with Crippen LogP contribution < -0.4 is 14.8 Å². The molecule has 0 saturated carbocycles. The summed E-state index contributed by atoms with van der Waals surface area (Å²) in [4.78, 5) is 12.0. The van der Waals surface area contributed by atoms with Crippen molar-refractivity contribution in [2.45, 2.75) is 11.3 Å². The summed E-state index contributed by atoms with van der Waals surface area (Å²) >= 11 is 5.73. The number of rotatable bonds is 7. The number of halogens is 1. The molecule has 24 heavy (non-hydrogen) atoms. The first kappa shape index (κ1) is 18.3. The highest BCUT2D eigenvalue weighted by molar-refractivity contribution is 7.89. The second kappa shape index (κ2) is 8.14. The van der Waals surface area contributed by atoms with E-state index in [1.165, 1.54) is 31.4 Å². The van der Waals surface area contributed by atoms with E-state index in [1.807, 2.05) is 0 Å². The minimum atomic E-state index is -3.67. The van der Waals surface area contributed by atoms with Gasteiger partial charge in [0.2, 0.25) is 15.9 Å². The van der Waals surface area contributed by atoms with E-state index in [0.717, 1.165) is 0 Å². The van der Waals surface area contributed by atoms with Crippen molar-refractivity contribution in [2.24, 2.45) is 0 Å². The molecule has 0 aromatic heterocycles. The Kier molecular flexibility index (Phi) is 6.19. The zero-order valence-corrected chi connectivity index (χ0v) is 14.5. The summed E-state index contributed by atoms with van der Waals surface area (Å²) in [5.74, 6) is 0.214. The van der Waals surface area contributed by atoms with Crippen molar-refractivity contribution < 1.29 is 17.9 Å². The third-order valence-electron chi connectivity index (χ3n) is 3.15. The van der Waals surface area contributed by atoms with Gasteiger partial charge in [-0.2, -0.15) is 0 Å². The van der Waals surface area contributed by atoms with Gasteiger partial charge < -0.3 is 10.1 Å². The van der Waals surface area contributed by atoms with E-state index in [4.69, 9.17) is 16.3 Å². The fraction of sp³-hybridized carbons (Fsp3) is 0.188. The normalized spacial score (nSPS) is 11.1. The van der Waals surface area contributed by atoms with Crippen molar-refractivity contribution in [3.8, 4) is 5.75 Å². The Morgan fingerprint density at radius 3 is 2.46 bits per heavy atom. The van der Waals surface area contributed by atoms with Gasteiger partial charge >= 0.3 is 0 Å². The Balaban J connectivity index is 1.89. The molecule has 2 aromatic carbocycles. The number of nitrogens with one attached hydrogen (secondary N) is 2. The van der Waals surface area contributed by atoms with E-state index in [1.54, 1.807) is 24.3 Å². The summed E-state index contributed by atoms with van der Waals surface area (Å²) in [6, 6.07) is 12.8. The van der Waals surface area contributed by atoms with E-state index in [2.05, 4.69) is 10.0 Å². The quantitative estimate of drug-likeness (QED) is 0.786. The zero-order valence-electron chi connectivity index (χ0n) is 13.0. The largest absolute Gasteiger partial charge is 0.495 e. The van der Waals surface area contributed by atoms with Crippen LogP contribution >= 0.6 is 11.6 Å². The third-order valence-corrected chi connectivity index (χ3v) is 4.88. The standard InChI is InChI=1S/C16H17ClN2O4S/c1-23-15-5-3-2-4-14(15)19-16(20)10-11-18-24(21,22)13-8-6-12(17)7-9-13/h2-9,18H,10-11H2,1H3,(H,19,20). The highest BCUT2D eigenvalue weighted by Crippen LogP contribution is 2.23. The number of carbonyl (C=O) groups excluding carboxylic acids is 1. The highest BCUT2D eigenvalue weighted by atomic mass is 35.5. The van der Waals surface area contributed by atoms with E-state index < -0.39 is 10.0 Å². The first-order valence-corrected chi connectivity index (χ1v) is 8.96. The highest BCUT2D eigenvalue weighted by Gasteiger charge is 2.14. The minimum Gasteiger partial charge on any atom is -0.495 e. The van der Waals surface area contributed by atoms with Crippen molar-refractivity contribution in [2.75, 3.05) is 19.0 Å². The SMILES string of the molecule is COc1ccccc1NC(=O)CCNS(=O)(=O)c1ccc(Cl)cc1. The number of methoxy groups -OCH3 is 1. The molecule has 2 aromatic rings. The molecule has 128 valence electrons. The number of hydrogen-bond acceptors (Lipinski definition) is 4. The van der Waals surface area contributed by atoms with Crippen molar-refractivity contribution in [3.63, 3.8) is 0 Å². The topological polar surface area (TPSA) is 84.5 Å². The van der Waals surface area contributed by atoms with Crippen molar-refractivity contribution in [1.82, 2.24) is 4.72 Å². The summed E-state index contributed by atoms with van der Waals surface area (Å²) < 4.78 is 31.7. The Hall–Kier alpha value is -2.09. The average Bonchev–Trinajstić information content (AvgIpc) is 2.55. The number of anilines is 1. The molecule has 2 N–H and O–H groups in total. The van der Waals surface area contributed by atoms with Gasteiger partial charge in [0, 0.05) is 18.0 Å². The molecule has 6 nitrogen and oxygen atoms in total. The van der Waals surface area contributed by atoms with E-state index in [9.17, 15) is 13.2 Å². The first-order chi connectivity index (χ1) is 11.4. The number of carbonyl (C=O) groups is 1. The van der Waals surface area contributed by atoms with Crippen LogP contribution in [-0.4, -0.2) is 28.0 Å². The van der Waals surface area contributed by atoms with Crippen molar-refractivity contribution >= 4 is 33.2 Å². The van der Waals surface area contributed by atoms with Gasteiger partial charge in [-0.3, -0.25) is 4.79 Å². The predicted molar refractivity (Wildman–Crippen MR) is 92.9 cm³/mol. The van der Waals surface area contributed by atoms with Crippen LogP contribution in [0.3, 0.4) is 0 Å². The lowest BCUT2D eigenvalue weighted by Gasteiger charge is -2.10. The number of para-hydroxylation sites is 2. The van der Waals surface area contributed by atoms with Gasteiger partial charge in [-0.15, -0.1) is 0 Å². The molecular weight excluding hydrogens is 352 g/mol. The number of benzene rings is 2. The summed E-state index contributed by atoms with van der Waals surface area (Å²) in [5, 5.41) is 3.13. The molecule has 0 aliphatic carbocycles. The lowest BCUT2D eigenvalue weighted by atomic mass is 10.3. The first-order valence-electron chi connectivity index (χ1n) is 7.10. The fourth-order valence-corrected chi connectivity index (χ4v) is 3.11. The molecule has 0 fully saturated rings. The number of sulfonamides is 1. The fourth-order valence-electron chi connectivity index (χ4n) is 1.96. The van der Waals surface area contributed by atoms with Gasteiger partial charge in [-0.25, -0.2) is 13.1 Å². The van der Waals surface area contributed by atoms with E-state index >= 15 is 0 Å². The van der Waals surface area contributed by atoms with Crippen LogP contribution in [0.15, 0.2) is 53.4 Å². The van der Waals surface area contributed by atoms with Crippen LogP contribution in [0.5, 0.6) is 5.75 Å². The summed E-state index contributed by atoms with van der Waals surface area (Å²) in [6.45, 7) is -0.0219. The smallest absolute Gasteiger partial charge is 0.240 e. The van der Waals surface area contributed by atoms with Crippen molar-refractivity contribution in [3.05, 3.63) is 53.6 Å². The summed E-state index contributed by atoms with van der Waals surface area (Å²) in [7, 11) is -2.17. The second-order valence-electron chi connectivity index (χ2n) is 4.85. The Morgan fingerprint density at radius 1 is 1.12 bits per heavy atom. The lowest BCUT2D eigenvalue weighted by molar-refractivity contribution is -0.116. The Labute approximate surface area is 145 Å². The molecule has 0 heterocycles. The predicted octanol–water partition coefficient (Wildman–Crippen LogP) is 2.66. The Morgan fingerprint density at radius 2 is 1.79 bits per heavy atom. The summed E-state index contributed by atoms with van der Waals surface area (Å²) in [6.07, 6.45) is -0.00906. The van der Waals surface area contributed by atoms with Gasteiger partial charge in [0.05, 0.1) is 17.7 Å². The van der Waals surface area contributed by atoms with Crippen LogP contribution in [0.1, 0.15) is 6.42 Å². The maximum absolute atomic E-state index is 12.1. The molecule has 0 bridgehead atoms. The lowest BCUT2D eigenvalue weighted by Crippen LogP contribution is -2.27. The van der Waals surface area contributed by atoms with Crippen LogP contribution in [0.2, 0.25) is 5.02 Å². The molecule has 0 atom stereocenters. The number of amides is 1. The van der Waals surface area contributed by atoms with Crippen molar-refractivity contribution in [1.29, 1.82) is 0 Å². The molecule has 0 spiro atoms. The molecule has 0 aliphatic heterocycles. The number of ether oxygens (including phenoxy) is 1. The summed E-state index contributed by atoms with van der Waals surface area (Å²) in [5.41, 5.74) is 0.533. The van der Waals surface area contributed by atoms with E-state index in [0.29, 0.717) is 16.5 Å². The number of hydrogen-bond donors (Lipinski definition) is 2. The molecule has 2 rings (SSSR count). The van der Waals surface area contributed by atoms with Crippen LogP contribution in [0, 0.1) is 0 Å². The van der Waals surface area contributed by atoms with Crippen LogP contribution in [0.25, 0.3) is 0 Å². The molecule has 0 aliphatic rings. The van der Waals surface area contributed by atoms with Gasteiger partial charge in [-0.1, -0.05) is 23.7 Å². The monoisotopic (exact) mass is 368 g/mol. The molecule has 0 radical (unpaired) electrons. The van der Waals surface area contributed by atoms with Crippen LogP contribution in [0.4, 0.5) is 5.69 Å². The maximum atomic E-state index is 12.1. The van der Waals surface area contributed by atoms with E-state index in [-0.39, 0.29) is 23.8 Å². The molecule has 0 saturated heterocycles. The third kappa shape index (κ3) is 4.95. The Bertz CT molecular complexity index is 807. The van der Waals surface area contributed by atoms with Gasteiger partial charge in [0.15, 0.2) is 0 Å². The molecule has 8 heteroatoms. The zero-order chi connectivity index (χ0) is 17.6. The molecule has 0 unspecified atom stereocenters. The second-order valence-corrected chi connectivity index (χ2v) is 7.05. The van der Waals surface area contributed by atoms with Gasteiger partial charge in [0.1, 0.15) is 5.75 Å². The minimum absolute atomic E-state index is 0.00906. The van der Waals surface area contributed by atoms with Gasteiger partial charge in [-0.05, 0) is 36.4 Å². The molecule has 1 amide bonds. The maximum Gasteiger partial charge on any atom is 0.240 e. The van der Waals surface area contributed by atoms with Gasteiger partial charge in [0.25, 0.3) is 0 Å². The van der Waals surface area contributed by atoms with Crippen LogP contribution in [-0.2, 0) is 14.8 Å². The molecular formula is C16H17ClN2O4S. The average molecular weight is 369 g/mol.